The molecule has 132 valence electrons. The van der Waals surface area contributed by atoms with Gasteiger partial charge in [-0.2, -0.15) is 5.10 Å². The average Bonchev–Trinajstić information content (AvgIpc) is 2.93. The Hall–Kier alpha value is -3.19. The first-order chi connectivity index (χ1) is 12.5. The second-order valence-electron chi connectivity index (χ2n) is 5.67. The SMILES string of the molecule is Cc1ccc(-n2[nH]c(C)c(C=NNC(=O)c3cccnc3)c2=O)cc1Cl. The fourth-order valence-electron chi connectivity index (χ4n) is 2.33. The van der Waals surface area contributed by atoms with Crippen molar-refractivity contribution in [3.05, 3.63) is 80.5 Å². The Morgan fingerprint density at radius 2 is 2.15 bits per heavy atom. The van der Waals surface area contributed by atoms with Crippen molar-refractivity contribution in [3.8, 4) is 5.69 Å². The number of aryl methyl sites for hydroxylation is 2. The molecule has 1 amide bonds. The van der Waals surface area contributed by atoms with E-state index >= 15 is 0 Å². The number of hydrogen-bond acceptors (Lipinski definition) is 4. The van der Waals surface area contributed by atoms with E-state index in [-0.39, 0.29) is 5.56 Å². The van der Waals surface area contributed by atoms with Crippen LogP contribution in [0.15, 0.2) is 52.6 Å². The third-order valence-corrected chi connectivity index (χ3v) is 4.22. The maximum Gasteiger partial charge on any atom is 0.280 e. The molecule has 0 bridgehead atoms. The molecule has 0 aliphatic rings. The van der Waals surface area contributed by atoms with Crippen LogP contribution in [0.5, 0.6) is 0 Å². The molecular formula is C18H16ClN5O2. The molecular weight excluding hydrogens is 354 g/mol. The summed E-state index contributed by atoms with van der Waals surface area (Å²) >= 11 is 6.13. The van der Waals surface area contributed by atoms with Crippen LogP contribution >= 0.6 is 11.6 Å². The number of aromatic nitrogens is 3. The molecule has 26 heavy (non-hydrogen) atoms. The zero-order chi connectivity index (χ0) is 18.7. The minimum absolute atomic E-state index is 0.290. The summed E-state index contributed by atoms with van der Waals surface area (Å²) in [5, 5.41) is 7.41. The number of pyridine rings is 1. The molecule has 0 radical (unpaired) electrons. The fourth-order valence-corrected chi connectivity index (χ4v) is 2.51. The molecule has 2 N–H and O–H groups in total. The number of H-pyrrole nitrogens is 1. The van der Waals surface area contributed by atoms with E-state index in [4.69, 9.17) is 11.6 Å². The largest absolute Gasteiger partial charge is 0.295 e. The number of nitrogens with one attached hydrogen (secondary N) is 2. The van der Waals surface area contributed by atoms with Gasteiger partial charge in [0.15, 0.2) is 0 Å². The van der Waals surface area contributed by atoms with E-state index < -0.39 is 5.91 Å². The van der Waals surface area contributed by atoms with Crippen molar-refractivity contribution in [1.82, 2.24) is 20.2 Å². The summed E-state index contributed by atoms with van der Waals surface area (Å²) in [6.07, 6.45) is 4.32. The highest BCUT2D eigenvalue weighted by Gasteiger charge is 2.12. The van der Waals surface area contributed by atoms with Gasteiger partial charge in [-0.05, 0) is 43.7 Å². The van der Waals surface area contributed by atoms with E-state index in [9.17, 15) is 9.59 Å². The number of carbonyl (C=O) groups is 1. The van der Waals surface area contributed by atoms with Gasteiger partial charge >= 0.3 is 0 Å². The number of aromatic amines is 1. The molecule has 2 aromatic heterocycles. The summed E-state index contributed by atoms with van der Waals surface area (Å²) in [5.41, 5.74) is 4.96. The van der Waals surface area contributed by atoms with Crippen LogP contribution in [0.3, 0.4) is 0 Å². The third-order valence-electron chi connectivity index (χ3n) is 3.81. The summed E-state index contributed by atoms with van der Waals surface area (Å²) in [4.78, 5) is 28.4. The molecule has 0 spiro atoms. The molecule has 0 fully saturated rings. The smallest absolute Gasteiger partial charge is 0.280 e. The Morgan fingerprint density at radius 3 is 2.85 bits per heavy atom. The van der Waals surface area contributed by atoms with Crippen LogP contribution in [-0.2, 0) is 0 Å². The lowest BCUT2D eigenvalue weighted by Crippen LogP contribution is -2.20. The molecule has 3 aromatic rings. The quantitative estimate of drug-likeness (QED) is 0.547. The summed E-state index contributed by atoms with van der Waals surface area (Å²) in [5.74, 6) is -0.409. The monoisotopic (exact) mass is 369 g/mol. The predicted octanol–water partition coefficient (Wildman–Crippen LogP) is 2.59. The second kappa shape index (κ2) is 7.37. The lowest BCUT2D eigenvalue weighted by molar-refractivity contribution is 0.0955. The highest BCUT2D eigenvalue weighted by molar-refractivity contribution is 6.31. The number of benzene rings is 1. The molecule has 3 rings (SSSR count). The van der Waals surface area contributed by atoms with Crippen molar-refractivity contribution < 1.29 is 4.79 Å². The first-order valence-electron chi connectivity index (χ1n) is 7.79. The standard InChI is InChI=1S/C18H16ClN5O2/c1-11-5-6-14(8-16(11)19)24-18(26)15(12(2)23-24)10-21-22-17(25)13-4-3-7-20-9-13/h3-10,23H,1-2H3,(H,22,25). The molecule has 0 atom stereocenters. The maximum absolute atomic E-state index is 12.6. The van der Waals surface area contributed by atoms with Crippen LogP contribution in [0.1, 0.15) is 27.2 Å². The van der Waals surface area contributed by atoms with Gasteiger partial charge in [-0.3, -0.25) is 19.7 Å². The van der Waals surface area contributed by atoms with Gasteiger partial charge in [-0.1, -0.05) is 17.7 Å². The molecule has 0 saturated carbocycles. The van der Waals surface area contributed by atoms with Gasteiger partial charge in [0, 0.05) is 23.1 Å². The van der Waals surface area contributed by atoms with Crippen LogP contribution in [0.25, 0.3) is 5.69 Å². The molecule has 0 unspecified atom stereocenters. The van der Waals surface area contributed by atoms with Crippen molar-refractivity contribution in [2.45, 2.75) is 13.8 Å². The molecule has 1 aromatic carbocycles. The van der Waals surface area contributed by atoms with E-state index in [0.29, 0.717) is 27.5 Å². The van der Waals surface area contributed by atoms with Gasteiger partial charge in [0.2, 0.25) is 0 Å². The molecule has 0 aliphatic heterocycles. The Labute approximate surface area is 154 Å². The first kappa shape index (κ1) is 17.6. The lowest BCUT2D eigenvalue weighted by Gasteiger charge is -2.04. The van der Waals surface area contributed by atoms with Crippen LogP contribution in [0.4, 0.5) is 0 Å². The van der Waals surface area contributed by atoms with Crippen molar-refractivity contribution in [3.63, 3.8) is 0 Å². The zero-order valence-electron chi connectivity index (χ0n) is 14.2. The number of amides is 1. The lowest BCUT2D eigenvalue weighted by atomic mass is 10.2. The van der Waals surface area contributed by atoms with Crippen molar-refractivity contribution in [2.24, 2.45) is 5.10 Å². The first-order valence-corrected chi connectivity index (χ1v) is 8.16. The zero-order valence-corrected chi connectivity index (χ0v) is 14.9. The maximum atomic E-state index is 12.6. The molecule has 0 aliphatic carbocycles. The van der Waals surface area contributed by atoms with Crippen LogP contribution in [-0.4, -0.2) is 26.9 Å². The van der Waals surface area contributed by atoms with Gasteiger partial charge in [-0.25, -0.2) is 10.1 Å². The molecule has 0 saturated heterocycles. The number of rotatable bonds is 4. The van der Waals surface area contributed by atoms with E-state index in [1.54, 1.807) is 37.4 Å². The van der Waals surface area contributed by atoms with E-state index in [2.05, 4.69) is 20.6 Å². The molecule has 8 heteroatoms. The van der Waals surface area contributed by atoms with Crippen molar-refractivity contribution in [2.75, 3.05) is 0 Å². The minimum Gasteiger partial charge on any atom is -0.295 e. The minimum atomic E-state index is -0.409. The summed E-state index contributed by atoms with van der Waals surface area (Å²) < 4.78 is 1.38. The van der Waals surface area contributed by atoms with Gasteiger partial charge in [0.25, 0.3) is 11.5 Å². The topological polar surface area (TPSA) is 92.1 Å². The second-order valence-corrected chi connectivity index (χ2v) is 6.07. The summed E-state index contributed by atoms with van der Waals surface area (Å²) in [7, 11) is 0. The number of halogens is 1. The van der Waals surface area contributed by atoms with Crippen LogP contribution in [0, 0.1) is 13.8 Å². The van der Waals surface area contributed by atoms with Crippen LogP contribution in [0.2, 0.25) is 5.02 Å². The van der Waals surface area contributed by atoms with Gasteiger partial charge in [-0.15, -0.1) is 0 Å². The predicted molar refractivity (Wildman–Crippen MR) is 100 cm³/mol. The molecule has 7 nitrogen and oxygen atoms in total. The Balaban J connectivity index is 1.83. The van der Waals surface area contributed by atoms with Crippen molar-refractivity contribution >= 4 is 23.7 Å². The number of carbonyl (C=O) groups excluding carboxylic acids is 1. The van der Waals surface area contributed by atoms with E-state index in [1.807, 2.05) is 13.0 Å². The highest BCUT2D eigenvalue weighted by Crippen LogP contribution is 2.18. The summed E-state index contributed by atoms with van der Waals surface area (Å²) in [6.45, 7) is 3.63. The highest BCUT2D eigenvalue weighted by atomic mass is 35.5. The van der Waals surface area contributed by atoms with Crippen LogP contribution < -0.4 is 11.0 Å². The Kier molecular flexibility index (Phi) is 4.99. The summed E-state index contributed by atoms with van der Waals surface area (Å²) in [6, 6.07) is 8.61. The Bertz CT molecular complexity index is 1040. The molecule has 2 heterocycles. The van der Waals surface area contributed by atoms with Crippen molar-refractivity contribution in [1.29, 1.82) is 0 Å². The third kappa shape index (κ3) is 3.57. The number of nitrogens with zero attached hydrogens (tertiary/aromatic N) is 3. The normalized spacial score (nSPS) is 11.0. The fraction of sp³-hybridized carbons (Fsp3) is 0.111. The van der Waals surface area contributed by atoms with Gasteiger partial charge in [0.1, 0.15) is 0 Å². The van der Waals surface area contributed by atoms with Gasteiger partial charge in [0.05, 0.1) is 23.0 Å². The number of hydrazone groups is 1. The Morgan fingerprint density at radius 1 is 1.35 bits per heavy atom. The average molecular weight is 370 g/mol. The van der Waals surface area contributed by atoms with E-state index in [0.717, 1.165) is 5.56 Å². The number of hydrogen-bond donors (Lipinski definition) is 2. The van der Waals surface area contributed by atoms with E-state index in [1.165, 1.54) is 17.1 Å². The van der Waals surface area contributed by atoms with Gasteiger partial charge < -0.3 is 0 Å².